The Morgan fingerprint density at radius 3 is 2.10 bits per heavy atom. The fraction of sp³-hybridized carbons (Fsp3) is 0.111. The van der Waals surface area contributed by atoms with Crippen molar-refractivity contribution in [3.8, 4) is 0 Å². The number of hydrogen-bond acceptors (Lipinski definition) is 2. The van der Waals surface area contributed by atoms with Crippen LogP contribution in [-0.4, -0.2) is 12.8 Å². The van der Waals surface area contributed by atoms with Gasteiger partial charge < -0.3 is 5.32 Å². The van der Waals surface area contributed by atoms with E-state index in [9.17, 15) is 0 Å². The maximum Gasteiger partial charge on any atom is 0.230 e. The first-order valence-electron chi connectivity index (χ1n) is 6.69. The average molecular weight is 275 g/mol. The lowest BCUT2D eigenvalue weighted by Gasteiger charge is -2.11. The maximum absolute atomic E-state index is 7.49. The Bertz CT molecular complexity index is 692. The summed E-state index contributed by atoms with van der Waals surface area (Å²) in [5.74, 6) is 0. The van der Waals surface area contributed by atoms with E-state index in [0.29, 0.717) is 11.4 Å². The number of hydrogen-bond donors (Lipinski definition) is 1. The van der Waals surface area contributed by atoms with Gasteiger partial charge in [0.25, 0.3) is 0 Å². The van der Waals surface area contributed by atoms with Gasteiger partial charge in [-0.1, -0.05) is 48.5 Å². The second-order valence-corrected chi connectivity index (χ2v) is 4.51. The Kier molecular flexibility index (Phi) is 4.89. The summed E-state index contributed by atoms with van der Waals surface area (Å²) in [6.45, 7) is 9.38. The number of para-hydroxylation sites is 1. The summed E-state index contributed by atoms with van der Waals surface area (Å²) in [6, 6.07) is 19.6. The van der Waals surface area contributed by atoms with Crippen LogP contribution in [0.2, 0.25) is 0 Å². The lowest BCUT2D eigenvalue weighted by atomic mass is 10.1. The van der Waals surface area contributed by atoms with E-state index in [-0.39, 0.29) is 0 Å². The van der Waals surface area contributed by atoms with Gasteiger partial charge in [0.15, 0.2) is 0 Å². The van der Waals surface area contributed by atoms with Crippen LogP contribution in [0.15, 0.2) is 77.1 Å². The number of nitrogens with one attached hydrogen (secondary N) is 1. The predicted molar refractivity (Wildman–Crippen MR) is 88.3 cm³/mol. The van der Waals surface area contributed by atoms with Gasteiger partial charge in [0.2, 0.25) is 5.70 Å². The minimum absolute atomic E-state index is 0.535. The zero-order chi connectivity index (χ0) is 15.1. The molecule has 0 heterocycles. The van der Waals surface area contributed by atoms with Crippen molar-refractivity contribution >= 4 is 11.4 Å². The normalized spacial score (nSPS) is 12.3. The van der Waals surface area contributed by atoms with E-state index in [1.54, 1.807) is 7.05 Å². The molecule has 1 N–H and O–H groups in total. The van der Waals surface area contributed by atoms with E-state index in [4.69, 9.17) is 6.57 Å². The van der Waals surface area contributed by atoms with Crippen LogP contribution in [0, 0.1) is 6.57 Å². The Morgan fingerprint density at radius 2 is 1.57 bits per heavy atom. The number of nitrogens with zero attached hydrogens (tertiary/aromatic N) is 2. The molecule has 0 amide bonds. The Hall–Kier alpha value is -2.86. The van der Waals surface area contributed by atoms with Gasteiger partial charge in [0.05, 0.1) is 12.3 Å². The highest BCUT2D eigenvalue weighted by atomic mass is 14.9. The van der Waals surface area contributed by atoms with Crippen LogP contribution < -0.4 is 5.32 Å². The molecule has 0 fully saturated rings. The molecule has 3 nitrogen and oxygen atoms in total. The topological polar surface area (TPSA) is 28.8 Å². The second-order valence-electron chi connectivity index (χ2n) is 4.51. The van der Waals surface area contributed by atoms with Crippen LogP contribution in [0.1, 0.15) is 12.5 Å². The first-order chi connectivity index (χ1) is 10.3. The zero-order valence-corrected chi connectivity index (χ0v) is 12.2. The van der Waals surface area contributed by atoms with Gasteiger partial charge in [0, 0.05) is 18.4 Å². The first-order valence-corrected chi connectivity index (χ1v) is 6.69. The van der Waals surface area contributed by atoms with E-state index in [1.807, 2.05) is 67.6 Å². The third kappa shape index (κ3) is 3.58. The molecule has 0 bridgehead atoms. The Labute approximate surface area is 125 Å². The van der Waals surface area contributed by atoms with E-state index in [0.717, 1.165) is 16.9 Å². The molecule has 104 valence electrons. The monoisotopic (exact) mass is 275 g/mol. The molecule has 0 unspecified atom stereocenters. The second kappa shape index (κ2) is 7.06. The summed E-state index contributed by atoms with van der Waals surface area (Å²) in [5.41, 5.74) is 3.93. The first kappa shape index (κ1) is 14.5. The molecule has 2 aromatic rings. The number of rotatable bonds is 4. The molecular formula is C18H17N3. The van der Waals surface area contributed by atoms with Crippen molar-refractivity contribution < 1.29 is 0 Å². The molecule has 2 rings (SSSR count). The molecule has 0 saturated carbocycles. The summed E-state index contributed by atoms with van der Waals surface area (Å²) in [7, 11) is 1.71. The molecule has 0 aromatic heterocycles. The molecule has 0 saturated heterocycles. The van der Waals surface area contributed by atoms with Crippen LogP contribution in [0.4, 0.5) is 5.69 Å². The minimum atomic E-state index is 0.535. The number of benzene rings is 2. The fourth-order valence-corrected chi connectivity index (χ4v) is 2.08. The fourth-order valence-electron chi connectivity index (χ4n) is 2.08. The molecule has 0 radical (unpaired) electrons. The summed E-state index contributed by atoms with van der Waals surface area (Å²) >= 11 is 0. The third-order valence-corrected chi connectivity index (χ3v) is 3.07. The van der Waals surface area contributed by atoms with Crippen molar-refractivity contribution in [3.05, 3.63) is 89.0 Å². The van der Waals surface area contributed by atoms with Crippen molar-refractivity contribution in [2.75, 3.05) is 12.4 Å². The zero-order valence-electron chi connectivity index (χ0n) is 12.2. The highest BCUT2D eigenvalue weighted by molar-refractivity contribution is 6.14. The molecular weight excluding hydrogens is 258 g/mol. The molecule has 21 heavy (non-hydrogen) atoms. The molecule has 0 aliphatic rings. The molecule has 0 aliphatic heterocycles. The summed E-state index contributed by atoms with van der Waals surface area (Å²) in [5, 5.41) is 3.26. The van der Waals surface area contributed by atoms with Crippen LogP contribution in [0.5, 0.6) is 0 Å². The summed E-state index contributed by atoms with van der Waals surface area (Å²) in [4.78, 5) is 7.97. The SMILES string of the molecule is [C-]#[N+]C(C(=NC)c1ccccc1)=C(C)Nc1ccccc1. The number of aliphatic imine (C=N–C) groups is 1. The molecule has 0 atom stereocenters. The Morgan fingerprint density at radius 1 is 1.00 bits per heavy atom. The standard InChI is InChI=1S/C18H17N3/c1-14(21-16-12-8-5-9-13-16)17(19-2)18(20-3)15-10-6-4-7-11-15/h4-13,21H,1,3H3. The molecule has 0 aliphatic carbocycles. The van der Waals surface area contributed by atoms with Crippen molar-refractivity contribution in [2.45, 2.75) is 6.92 Å². The maximum atomic E-state index is 7.49. The van der Waals surface area contributed by atoms with Crippen molar-refractivity contribution in [3.63, 3.8) is 0 Å². The lowest BCUT2D eigenvalue weighted by Crippen LogP contribution is -2.08. The predicted octanol–water partition coefficient (Wildman–Crippen LogP) is 4.37. The van der Waals surface area contributed by atoms with Gasteiger partial charge in [-0.25, -0.2) is 4.85 Å². The van der Waals surface area contributed by atoms with E-state index >= 15 is 0 Å². The smallest absolute Gasteiger partial charge is 0.230 e. The van der Waals surface area contributed by atoms with E-state index < -0.39 is 0 Å². The third-order valence-electron chi connectivity index (χ3n) is 3.07. The number of allylic oxidation sites excluding steroid dienone is 2. The van der Waals surface area contributed by atoms with Crippen LogP contribution >= 0.6 is 0 Å². The van der Waals surface area contributed by atoms with Crippen molar-refractivity contribution in [1.82, 2.24) is 0 Å². The van der Waals surface area contributed by atoms with Gasteiger partial charge in [-0.15, -0.1) is 0 Å². The Balaban J connectivity index is 2.38. The number of anilines is 1. The van der Waals surface area contributed by atoms with Crippen LogP contribution in [0.25, 0.3) is 4.85 Å². The lowest BCUT2D eigenvalue weighted by molar-refractivity contribution is 1.32. The average Bonchev–Trinajstić information content (AvgIpc) is 2.54. The van der Waals surface area contributed by atoms with Gasteiger partial charge in [-0.3, -0.25) is 4.99 Å². The quantitative estimate of drug-likeness (QED) is 0.651. The highest BCUT2D eigenvalue weighted by Gasteiger charge is 2.13. The molecule has 2 aromatic carbocycles. The van der Waals surface area contributed by atoms with Crippen LogP contribution in [-0.2, 0) is 0 Å². The van der Waals surface area contributed by atoms with Crippen molar-refractivity contribution in [2.24, 2.45) is 4.99 Å². The minimum Gasteiger partial charge on any atom is -0.369 e. The van der Waals surface area contributed by atoms with E-state index in [2.05, 4.69) is 15.2 Å². The van der Waals surface area contributed by atoms with Crippen LogP contribution in [0.3, 0.4) is 0 Å². The van der Waals surface area contributed by atoms with E-state index in [1.165, 1.54) is 0 Å². The van der Waals surface area contributed by atoms with Gasteiger partial charge in [-0.05, 0) is 24.6 Å². The van der Waals surface area contributed by atoms with Gasteiger partial charge in [0.1, 0.15) is 0 Å². The molecule has 0 spiro atoms. The van der Waals surface area contributed by atoms with Crippen molar-refractivity contribution in [1.29, 1.82) is 0 Å². The largest absolute Gasteiger partial charge is 0.369 e. The summed E-state index contributed by atoms with van der Waals surface area (Å²) < 4.78 is 0. The highest BCUT2D eigenvalue weighted by Crippen LogP contribution is 2.17. The van der Waals surface area contributed by atoms with Gasteiger partial charge in [-0.2, -0.15) is 0 Å². The van der Waals surface area contributed by atoms with Gasteiger partial charge >= 0.3 is 0 Å². The summed E-state index contributed by atoms with van der Waals surface area (Å²) in [6.07, 6.45) is 0. The molecule has 3 heteroatoms.